The molecule has 23 heavy (non-hydrogen) atoms. The third-order valence-corrected chi connectivity index (χ3v) is 6.35. The third kappa shape index (κ3) is 5.76. The minimum absolute atomic E-state index is 0.102. The van der Waals surface area contributed by atoms with Crippen molar-refractivity contribution in [2.24, 2.45) is 10.4 Å². The van der Waals surface area contributed by atoms with Gasteiger partial charge < -0.3 is 10.6 Å². The maximum Gasteiger partial charge on any atom is 0.191 e. The number of guanidine groups is 1. The van der Waals surface area contributed by atoms with E-state index in [9.17, 15) is 8.42 Å². The second kappa shape index (κ2) is 7.17. The highest BCUT2D eigenvalue weighted by Gasteiger charge is 2.45. The van der Waals surface area contributed by atoms with Gasteiger partial charge in [-0.25, -0.2) is 13.4 Å². The molecule has 1 saturated carbocycles. The monoisotopic (exact) mass is 358 g/mol. The predicted molar refractivity (Wildman–Crippen MR) is 96.0 cm³/mol. The van der Waals surface area contributed by atoms with E-state index in [-0.39, 0.29) is 11.2 Å². The molecule has 0 bridgehead atoms. The molecule has 0 saturated heterocycles. The first-order valence-corrected chi connectivity index (χ1v) is 10.7. The van der Waals surface area contributed by atoms with Gasteiger partial charge in [0.15, 0.2) is 5.96 Å². The van der Waals surface area contributed by atoms with Gasteiger partial charge in [-0.3, -0.25) is 4.99 Å². The van der Waals surface area contributed by atoms with E-state index in [4.69, 9.17) is 0 Å². The van der Waals surface area contributed by atoms with Crippen molar-refractivity contribution in [1.82, 2.24) is 15.6 Å². The van der Waals surface area contributed by atoms with Gasteiger partial charge in [0, 0.05) is 43.1 Å². The zero-order valence-electron chi connectivity index (χ0n) is 14.3. The second-order valence-corrected chi connectivity index (χ2v) is 9.85. The molecule has 1 aromatic rings. The molecule has 1 aromatic heterocycles. The van der Waals surface area contributed by atoms with E-state index in [1.165, 1.54) is 11.1 Å². The maximum atomic E-state index is 11.5. The quantitative estimate of drug-likeness (QED) is 0.567. The molecule has 1 aliphatic rings. The van der Waals surface area contributed by atoms with E-state index >= 15 is 0 Å². The van der Waals surface area contributed by atoms with Crippen molar-refractivity contribution in [1.29, 1.82) is 0 Å². The summed E-state index contributed by atoms with van der Waals surface area (Å²) in [5.74, 6) is 0.969. The van der Waals surface area contributed by atoms with Crippen molar-refractivity contribution in [3.8, 4) is 0 Å². The van der Waals surface area contributed by atoms with Gasteiger partial charge in [-0.2, -0.15) is 0 Å². The maximum absolute atomic E-state index is 11.5. The molecule has 1 aliphatic carbocycles. The fourth-order valence-corrected chi connectivity index (χ4v) is 4.97. The first-order chi connectivity index (χ1) is 10.7. The van der Waals surface area contributed by atoms with Crippen molar-refractivity contribution in [2.75, 3.05) is 32.1 Å². The number of sulfone groups is 1. The molecule has 1 heterocycles. The van der Waals surface area contributed by atoms with E-state index in [1.807, 2.05) is 6.92 Å². The van der Waals surface area contributed by atoms with Crippen LogP contribution in [0.15, 0.2) is 4.99 Å². The van der Waals surface area contributed by atoms with Crippen LogP contribution in [0.4, 0.5) is 0 Å². The molecule has 130 valence electrons. The molecule has 8 heteroatoms. The lowest BCUT2D eigenvalue weighted by Crippen LogP contribution is -2.42. The lowest BCUT2D eigenvalue weighted by atomic mass is 10.1. The van der Waals surface area contributed by atoms with E-state index < -0.39 is 9.84 Å². The minimum Gasteiger partial charge on any atom is -0.356 e. The number of hydrogen-bond donors (Lipinski definition) is 2. The summed E-state index contributed by atoms with van der Waals surface area (Å²) in [5, 5.41) is 7.64. The highest BCUT2D eigenvalue weighted by molar-refractivity contribution is 7.90. The van der Waals surface area contributed by atoms with Crippen LogP contribution in [-0.2, 0) is 16.3 Å². The molecular weight excluding hydrogens is 332 g/mol. The number of nitrogens with one attached hydrogen (secondary N) is 2. The van der Waals surface area contributed by atoms with Gasteiger partial charge in [-0.1, -0.05) is 0 Å². The zero-order valence-corrected chi connectivity index (χ0v) is 15.9. The Morgan fingerprint density at radius 3 is 2.52 bits per heavy atom. The summed E-state index contributed by atoms with van der Waals surface area (Å²) in [6.07, 6.45) is 4.08. The Morgan fingerprint density at radius 2 is 2.04 bits per heavy atom. The van der Waals surface area contributed by atoms with Crippen LogP contribution >= 0.6 is 11.3 Å². The molecule has 2 rings (SSSR count). The van der Waals surface area contributed by atoms with Crippen molar-refractivity contribution in [3.63, 3.8) is 0 Å². The fourth-order valence-electron chi connectivity index (χ4n) is 2.53. The average molecular weight is 359 g/mol. The standard InChI is InChI=1S/C15H26N4O2S2/c1-11-12(2)22-13(19-11)5-8-17-14(16-3)18-9-15(6-7-15)10-23(4,20)21/h5-10H2,1-4H3,(H2,16,17,18). The highest BCUT2D eigenvalue weighted by atomic mass is 32.2. The number of aromatic nitrogens is 1. The Morgan fingerprint density at radius 1 is 1.35 bits per heavy atom. The van der Waals surface area contributed by atoms with Crippen LogP contribution in [0.2, 0.25) is 0 Å². The molecule has 1 fully saturated rings. The Balaban J connectivity index is 1.76. The predicted octanol–water partition coefficient (Wildman–Crippen LogP) is 1.29. The minimum atomic E-state index is -2.94. The van der Waals surface area contributed by atoms with Crippen molar-refractivity contribution in [2.45, 2.75) is 33.1 Å². The average Bonchev–Trinajstić information content (AvgIpc) is 3.11. The topological polar surface area (TPSA) is 83.4 Å². The van der Waals surface area contributed by atoms with Crippen LogP contribution in [0.25, 0.3) is 0 Å². The number of aliphatic imine (C=N–C) groups is 1. The molecule has 2 N–H and O–H groups in total. The number of aryl methyl sites for hydroxylation is 2. The van der Waals surface area contributed by atoms with Crippen molar-refractivity contribution >= 4 is 27.1 Å². The van der Waals surface area contributed by atoms with Crippen LogP contribution in [0, 0.1) is 19.3 Å². The van der Waals surface area contributed by atoms with Gasteiger partial charge in [-0.15, -0.1) is 11.3 Å². The Hall–Kier alpha value is -1.15. The van der Waals surface area contributed by atoms with Gasteiger partial charge in [0.05, 0.1) is 16.5 Å². The first kappa shape index (κ1) is 18.2. The molecule has 0 amide bonds. The largest absolute Gasteiger partial charge is 0.356 e. The Labute approximate surface area is 142 Å². The normalized spacial score (nSPS) is 17.1. The van der Waals surface area contributed by atoms with Crippen molar-refractivity contribution < 1.29 is 8.42 Å². The molecule has 0 spiro atoms. The summed E-state index contributed by atoms with van der Waals surface area (Å²) in [6, 6.07) is 0. The number of rotatable bonds is 7. The zero-order chi connectivity index (χ0) is 17.1. The lowest BCUT2D eigenvalue weighted by Gasteiger charge is -2.17. The summed E-state index contributed by atoms with van der Waals surface area (Å²) in [7, 11) is -1.21. The number of thiazole rings is 1. The molecule has 0 radical (unpaired) electrons. The summed E-state index contributed by atoms with van der Waals surface area (Å²) >= 11 is 1.73. The van der Waals surface area contributed by atoms with Gasteiger partial charge in [0.2, 0.25) is 0 Å². The summed E-state index contributed by atoms with van der Waals surface area (Å²) in [5.41, 5.74) is 0.998. The third-order valence-electron chi connectivity index (χ3n) is 4.08. The highest BCUT2D eigenvalue weighted by Crippen LogP contribution is 2.45. The first-order valence-electron chi connectivity index (χ1n) is 7.78. The van der Waals surface area contributed by atoms with Crippen molar-refractivity contribution in [3.05, 3.63) is 15.6 Å². The fraction of sp³-hybridized carbons (Fsp3) is 0.733. The van der Waals surface area contributed by atoms with Crippen LogP contribution < -0.4 is 10.6 Å². The van der Waals surface area contributed by atoms with E-state index in [0.29, 0.717) is 6.54 Å². The van der Waals surface area contributed by atoms with Gasteiger partial charge >= 0.3 is 0 Å². The summed E-state index contributed by atoms with van der Waals surface area (Å²) < 4.78 is 23.0. The molecule has 0 aliphatic heterocycles. The van der Waals surface area contributed by atoms with Gasteiger partial charge in [-0.05, 0) is 26.7 Å². The van der Waals surface area contributed by atoms with Crippen LogP contribution in [0.5, 0.6) is 0 Å². The molecule has 6 nitrogen and oxygen atoms in total. The molecule has 0 atom stereocenters. The summed E-state index contributed by atoms with van der Waals surface area (Å²) in [6.45, 7) is 5.52. The number of nitrogens with zero attached hydrogens (tertiary/aromatic N) is 2. The SMILES string of the molecule is CN=C(NCCc1nc(C)c(C)s1)NCC1(CS(C)(=O)=O)CC1. The smallest absolute Gasteiger partial charge is 0.191 e. The second-order valence-electron chi connectivity index (χ2n) is 6.42. The lowest BCUT2D eigenvalue weighted by molar-refractivity contribution is 0.529. The van der Waals surface area contributed by atoms with Gasteiger partial charge in [0.25, 0.3) is 0 Å². The van der Waals surface area contributed by atoms with E-state index in [0.717, 1.165) is 42.5 Å². The molecule has 0 aromatic carbocycles. The summed E-state index contributed by atoms with van der Waals surface area (Å²) in [4.78, 5) is 9.98. The van der Waals surface area contributed by atoms with Crippen LogP contribution in [0.1, 0.15) is 28.4 Å². The Kier molecular flexibility index (Phi) is 5.67. The van der Waals surface area contributed by atoms with Crippen LogP contribution in [0.3, 0.4) is 0 Å². The van der Waals surface area contributed by atoms with Crippen LogP contribution in [-0.4, -0.2) is 51.5 Å². The van der Waals surface area contributed by atoms with E-state index in [1.54, 1.807) is 18.4 Å². The van der Waals surface area contributed by atoms with E-state index in [2.05, 4.69) is 27.5 Å². The molecule has 0 unspecified atom stereocenters. The number of hydrogen-bond acceptors (Lipinski definition) is 5. The Bertz CT molecular complexity index is 656. The van der Waals surface area contributed by atoms with Gasteiger partial charge in [0.1, 0.15) is 9.84 Å². The molecular formula is C15H26N4O2S2.